The Morgan fingerprint density at radius 3 is 2.75 bits per heavy atom. The van der Waals surface area contributed by atoms with Crippen molar-refractivity contribution in [2.45, 2.75) is 52.0 Å². The maximum absolute atomic E-state index is 13.7. The molecule has 172 valence electrons. The molecule has 32 heavy (non-hydrogen) atoms. The normalized spacial score (nSPS) is 20.8. The molecule has 0 bridgehead atoms. The Labute approximate surface area is 189 Å². The average Bonchev–Trinajstić information content (AvgIpc) is 3.22. The zero-order chi connectivity index (χ0) is 23.3. The molecule has 2 amide bonds. The third-order valence-corrected chi connectivity index (χ3v) is 6.17. The van der Waals surface area contributed by atoms with Crippen LogP contribution in [0.4, 0.5) is 10.1 Å². The van der Waals surface area contributed by atoms with Crippen molar-refractivity contribution in [2.75, 3.05) is 18.9 Å². The van der Waals surface area contributed by atoms with Crippen LogP contribution in [0.5, 0.6) is 0 Å². The lowest BCUT2D eigenvalue weighted by Gasteiger charge is -2.17. The van der Waals surface area contributed by atoms with E-state index in [9.17, 15) is 14.0 Å². The number of unbranched alkanes of at least 4 members (excludes halogenated alkanes) is 3. The van der Waals surface area contributed by atoms with Crippen LogP contribution in [-0.2, 0) is 9.59 Å². The standard InChI is InChI=1S/C25H33FN4O2/c1-15(27-4)9-7-5-6-8-12-28-25(32)23-16(2)22(29-17(23)3)14-20-19-13-18(26)10-11-21(19)30-24(20)31/h10-11,13-14,17,23,27,29H,1,5-9,12H2,2-4H3,(H,28,32)(H,30,31)/b20-14-. The Balaban J connectivity index is 1.58. The number of halogens is 1. The number of fused-ring (bicyclic) bond motifs is 1. The van der Waals surface area contributed by atoms with Crippen LogP contribution in [0.1, 0.15) is 51.5 Å². The van der Waals surface area contributed by atoms with Crippen LogP contribution < -0.4 is 21.3 Å². The fourth-order valence-corrected chi connectivity index (χ4v) is 4.28. The van der Waals surface area contributed by atoms with Crippen molar-refractivity contribution in [3.05, 3.63) is 59.2 Å². The second-order valence-corrected chi connectivity index (χ2v) is 8.52. The zero-order valence-corrected chi connectivity index (χ0v) is 19.1. The van der Waals surface area contributed by atoms with Gasteiger partial charge in [-0.2, -0.15) is 0 Å². The van der Waals surface area contributed by atoms with E-state index in [-0.39, 0.29) is 23.8 Å². The summed E-state index contributed by atoms with van der Waals surface area (Å²) in [5, 5.41) is 12.2. The van der Waals surface area contributed by atoms with Crippen molar-refractivity contribution in [1.29, 1.82) is 0 Å². The van der Waals surface area contributed by atoms with E-state index in [1.165, 1.54) is 12.1 Å². The number of hydrogen-bond donors (Lipinski definition) is 4. The fraction of sp³-hybridized carbons (Fsp3) is 0.440. The van der Waals surface area contributed by atoms with Crippen LogP contribution in [0.2, 0.25) is 0 Å². The fourth-order valence-electron chi connectivity index (χ4n) is 4.28. The third kappa shape index (κ3) is 5.39. The second kappa shape index (κ2) is 10.5. The lowest BCUT2D eigenvalue weighted by atomic mass is 9.95. The first-order valence-electron chi connectivity index (χ1n) is 11.2. The van der Waals surface area contributed by atoms with E-state index >= 15 is 0 Å². The van der Waals surface area contributed by atoms with E-state index in [1.807, 2.05) is 20.9 Å². The van der Waals surface area contributed by atoms with Gasteiger partial charge in [-0.15, -0.1) is 0 Å². The Bertz CT molecular complexity index is 967. The maximum Gasteiger partial charge on any atom is 0.256 e. The summed E-state index contributed by atoms with van der Waals surface area (Å²) in [6.07, 6.45) is 6.90. The molecule has 0 spiro atoms. The summed E-state index contributed by atoms with van der Waals surface area (Å²) in [6, 6.07) is 4.14. The Morgan fingerprint density at radius 2 is 2.00 bits per heavy atom. The zero-order valence-electron chi connectivity index (χ0n) is 19.1. The summed E-state index contributed by atoms with van der Waals surface area (Å²) in [5.41, 5.74) is 4.20. The van der Waals surface area contributed by atoms with Crippen LogP contribution in [0, 0.1) is 11.7 Å². The first-order valence-corrected chi connectivity index (χ1v) is 11.2. The van der Waals surface area contributed by atoms with Gasteiger partial charge in [-0.05, 0) is 63.0 Å². The molecular formula is C25H33FN4O2. The lowest BCUT2D eigenvalue weighted by molar-refractivity contribution is -0.124. The van der Waals surface area contributed by atoms with Gasteiger partial charge >= 0.3 is 0 Å². The molecular weight excluding hydrogens is 407 g/mol. The maximum atomic E-state index is 13.7. The molecule has 0 saturated heterocycles. The molecule has 0 aliphatic carbocycles. The molecule has 1 aromatic carbocycles. The molecule has 0 fully saturated rings. The second-order valence-electron chi connectivity index (χ2n) is 8.52. The van der Waals surface area contributed by atoms with Gasteiger partial charge in [0.15, 0.2) is 0 Å². The monoisotopic (exact) mass is 440 g/mol. The van der Waals surface area contributed by atoms with Crippen molar-refractivity contribution in [3.63, 3.8) is 0 Å². The molecule has 2 unspecified atom stereocenters. The predicted octanol–water partition coefficient (Wildman–Crippen LogP) is 3.84. The summed E-state index contributed by atoms with van der Waals surface area (Å²) < 4.78 is 13.7. The predicted molar refractivity (Wildman–Crippen MR) is 126 cm³/mol. The molecule has 1 aromatic rings. The van der Waals surface area contributed by atoms with Gasteiger partial charge in [-0.3, -0.25) is 9.59 Å². The van der Waals surface area contributed by atoms with Crippen LogP contribution in [0.25, 0.3) is 5.57 Å². The molecule has 2 heterocycles. The SMILES string of the molecule is C=C(CCCCCCNC(=O)C1C(C)=C(/C=C2\C(=O)Nc3ccc(F)cc32)NC1C)NC. The van der Waals surface area contributed by atoms with Crippen LogP contribution >= 0.6 is 0 Å². The molecule has 2 aliphatic rings. The van der Waals surface area contributed by atoms with Gasteiger partial charge in [0.2, 0.25) is 5.91 Å². The quantitative estimate of drug-likeness (QED) is 0.329. The molecule has 3 rings (SSSR count). The summed E-state index contributed by atoms with van der Waals surface area (Å²) in [6.45, 7) is 8.43. The minimum absolute atomic E-state index is 0.0122. The van der Waals surface area contributed by atoms with Crippen molar-refractivity contribution >= 4 is 23.1 Å². The topological polar surface area (TPSA) is 82.3 Å². The highest BCUT2D eigenvalue weighted by Crippen LogP contribution is 2.35. The third-order valence-electron chi connectivity index (χ3n) is 6.17. The van der Waals surface area contributed by atoms with Gasteiger partial charge in [0.05, 0.1) is 11.5 Å². The van der Waals surface area contributed by atoms with Crippen molar-refractivity contribution in [1.82, 2.24) is 16.0 Å². The first-order chi connectivity index (χ1) is 15.3. The van der Waals surface area contributed by atoms with Crippen molar-refractivity contribution in [2.24, 2.45) is 5.92 Å². The van der Waals surface area contributed by atoms with E-state index in [0.29, 0.717) is 23.4 Å². The number of allylic oxidation sites excluding steroid dienone is 2. The van der Waals surface area contributed by atoms with Gasteiger partial charge in [0.1, 0.15) is 5.82 Å². The number of carbonyl (C=O) groups is 2. The summed E-state index contributed by atoms with van der Waals surface area (Å²) in [7, 11) is 1.89. The van der Waals surface area contributed by atoms with Gasteiger partial charge in [-0.1, -0.05) is 19.4 Å². The number of nitrogens with one attached hydrogen (secondary N) is 4. The number of benzene rings is 1. The van der Waals surface area contributed by atoms with Crippen LogP contribution in [0.15, 0.2) is 47.8 Å². The van der Waals surface area contributed by atoms with E-state index < -0.39 is 5.82 Å². The minimum Gasteiger partial charge on any atom is -0.392 e. The minimum atomic E-state index is -0.395. The molecule has 7 heteroatoms. The van der Waals surface area contributed by atoms with Gasteiger partial charge < -0.3 is 21.3 Å². The number of anilines is 1. The molecule has 6 nitrogen and oxygen atoms in total. The number of amides is 2. The first kappa shape index (κ1) is 23.6. The Hall–Kier alpha value is -3.09. The smallest absolute Gasteiger partial charge is 0.256 e. The average molecular weight is 441 g/mol. The van der Waals surface area contributed by atoms with Crippen molar-refractivity contribution < 1.29 is 14.0 Å². The van der Waals surface area contributed by atoms with Crippen LogP contribution in [0.3, 0.4) is 0 Å². The summed E-state index contributed by atoms with van der Waals surface area (Å²) >= 11 is 0. The molecule has 0 radical (unpaired) electrons. The highest BCUT2D eigenvalue weighted by molar-refractivity contribution is 6.31. The highest BCUT2D eigenvalue weighted by Gasteiger charge is 2.35. The highest BCUT2D eigenvalue weighted by atomic mass is 19.1. The molecule has 0 saturated carbocycles. The summed E-state index contributed by atoms with van der Waals surface area (Å²) in [5.74, 6) is -0.987. The number of rotatable bonds is 10. The summed E-state index contributed by atoms with van der Waals surface area (Å²) in [4.78, 5) is 25.2. The largest absolute Gasteiger partial charge is 0.392 e. The molecule has 0 aromatic heterocycles. The van der Waals surface area contributed by atoms with Crippen LogP contribution in [-0.4, -0.2) is 31.4 Å². The molecule has 2 atom stereocenters. The van der Waals surface area contributed by atoms with E-state index in [4.69, 9.17) is 0 Å². The molecule has 4 N–H and O–H groups in total. The number of carbonyl (C=O) groups excluding carboxylic acids is 2. The lowest BCUT2D eigenvalue weighted by Crippen LogP contribution is -2.38. The van der Waals surface area contributed by atoms with E-state index in [1.54, 1.807) is 12.1 Å². The van der Waals surface area contributed by atoms with E-state index in [2.05, 4.69) is 27.8 Å². The number of hydrogen-bond acceptors (Lipinski definition) is 4. The van der Waals surface area contributed by atoms with Gasteiger partial charge in [-0.25, -0.2) is 4.39 Å². The van der Waals surface area contributed by atoms with Crippen molar-refractivity contribution in [3.8, 4) is 0 Å². The molecule has 2 aliphatic heterocycles. The Kier molecular flexibility index (Phi) is 7.72. The van der Waals surface area contributed by atoms with Gasteiger partial charge in [0, 0.05) is 42.3 Å². The Morgan fingerprint density at radius 1 is 1.25 bits per heavy atom. The van der Waals surface area contributed by atoms with E-state index in [0.717, 1.165) is 49.1 Å². The van der Waals surface area contributed by atoms with Gasteiger partial charge in [0.25, 0.3) is 5.91 Å².